The molecule has 35 rings (SSSR count). The molecule has 0 atom stereocenters. The zero-order valence-corrected chi connectivity index (χ0v) is 39.3. The van der Waals surface area contributed by atoms with Crippen LogP contribution < -0.4 is 0 Å². The van der Waals surface area contributed by atoms with Gasteiger partial charge < -0.3 is 4.57 Å². The number of carbonyl (C=O) groups is 1. The predicted molar refractivity (Wildman–Crippen MR) is 326 cm³/mol. The SMILES string of the molecule is O=C(CC12c3c4c5c1c1c6c7c5c5c8c4c4c9c3c3c%10c9c9c%11c4c8c4c8c5c7c5c7c6c6c%12c%13c7c7c5c8c5c4c%11c4c9c8c9c%11c4c5c7c%11c%13c4c9c(c8%10)c5c(c4%12)c(c16)n2c35)c1ccc2c(ccc3ccccc32)c1. The monoisotopic (exact) mass is 941 g/mol. The van der Waals surface area contributed by atoms with Crippen LogP contribution in [0.4, 0.5) is 0 Å². The van der Waals surface area contributed by atoms with Crippen LogP contribution in [0.1, 0.15) is 27.9 Å². The van der Waals surface area contributed by atoms with Gasteiger partial charge >= 0.3 is 0 Å². The number of aromatic nitrogens is 1. The Kier molecular flexibility index (Phi) is 2.63. The largest absolute Gasteiger partial charge is 0.324 e. The van der Waals surface area contributed by atoms with Crippen molar-refractivity contribution in [3.05, 3.63) is 71.3 Å². The standard InChI is InChI=1S/C75H11NO/c77-16(13-7-8-15-12(9-13)6-5-11-3-1-2-4-14(11)15)10-75-71-63-55-45-35-27-19-17-18-21-25-23(19)31-39(35)49(55)57-51-41(31)33(25)43-37-29(21)30-22(18)26-24-20(17)28(27)36-40-32(24)42-34(26)44-38(30)48-47(37)61-53(43)59(51)67(65(57)71)73-69(61)70-62(48)54(44)60-52(42)58-50(40)56(46(36)45)64(63)72(75)66(58)68(60)74(70)76(73)75/h1-9H,10H2. The van der Waals surface area contributed by atoms with Crippen molar-refractivity contribution < 1.29 is 4.79 Å². The van der Waals surface area contributed by atoms with Crippen molar-refractivity contribution in [3.8, 4) is 0 Å². The van der Waals surface area contributed by atoms with Gasteiger partial charge in [0.15, 0.2) is 5.78 Å². The third-order valence-electron chi connectivity index (χ3n) is 26.3. The van der Waals surface area contributed by atoms with Crippen molar-refractivity contribution in [1.29, 1.82) is 0 Å². The molecule has 0 spiro atoms. The highest BCUT2D eigenvalue weighted by Gasteiger charge is 2.59. The van der Waals surface area contributed by atoms with Crippen LogP contribution in [0, 0.1) is 0 Å². The topological polar surface area (TPSA) is 22.0 Å². The summed E-state index contributed by atoms with van der Waals surface area (Å²) >= 11 is 0. The second kappa shape index (κ2) is 6.93. The van der Waals surface area contributed by atoms with Gasteiger partial charge in [0.25, 0.3) is 0 Å². The van der Waals surface area contributed by atoms with Crippen molar-refractivity contribution >= 4 is 329 Å². The first kappa shape index (κ1) is 29.3. The average Bonchev–Trinajstić information content (AvgIpc) is 1.60. The minimum absolute atomic E-state index is 0.262. The number of benzene rings is 21. The van der Waals surface area contributed by atoms with Crippen LogP contribution in [0.3, 0.4) is 0 Å². The molecule has 2 nitrogen and oxygen atoms in total. The van der Waals surface area contributed by atoms with Crippen LogP contribution in [0.15, 0.2) is 54.6 Å². The van der Waals surface area contributed by atoms with Gasteiger partial charge in [-0.05, 0) is 141 Å². The van der Waals surface area contributed by atoms with E-state index in [1.54, 1.807) is 248 Å². The van der Waals surface area contributed by atoms with E-state index in [9.17, 15) is 0 Å². The fraction of sp³-hybridized carbons (Fsp3) is 0.0267. The molecule has 32 aromatic rings. The van der Waals surface area contributed by atoms with E-state index in [1.807, 2.05) is 0 Å². The van der Waals surface area contributed by atoms with Crippen molar-refractivity contribution in [1.82, 2.24) is 4.57 Å². The number of carbonyl (C=O) groups excluding carboxylic acids is 1. The van der Waals surface area contributed by atoms with Crippen LogP contribution in [-0.2, 0) is 5.54 Å². The summed E-state index contributed by atoms with van der Waals surface area (Å²) in [5.41, 5.74) is 6.00. The number of Topliss-reactive ketones (excluding diaryl/α,β-unsaturated/α-hetero) is 1. The van der Waals surface area contributed by atoms with Gasteiger partial charge in [-0.1, -0.05) is 48.5 Å². The van der Waals surface area contributed by atoms with Crippen LogP contribution in [0.5, 0.6) is 0 Å². The van der Waals surface area contributed by atoms with Gasteiger partial charge in [-0.3, -0.25) is 4.79 Å². The molecule has 2 heteroatoms. The Morgan fingerprint density at radius 1 is 0.273 bits per heavy atom. The lowest BCUT2D eigenvalue weighted by molar-refractivity contribution is 0.0955. The molecule has 31 aromatic carbocycles. The van der Waals surface area contributed by atoms with E-state index in [4.69, 9.17) is 0 Å². The number of hydrogen-bond donors (Lipinski definition) is 0. The second-order valence-electron chi connectivity index (χ2n) is 27.2. The molecule has 3 aliphatic rings. The summed E-state index contributed by atoms with van der Waals surface area (Å²) in [6, 6.07) is 19.9. The summed E-state index contributed by atoms with van der Waals surface area (Å²) in [5.74, 6) is 0.262. The van der Waals surface area contributed by atoms with Crippen LogP contribution in [0.2, 0.25) is 0 Å². The Bertz CT molecular complexity index is 7710. The number of fused-ring (bicyclic) bond motifs is 3. The van der Waals surface area contributed by atoms with Gasteiger partial charge in [-0.25, -0.2) is 0 Å². The molecule has 0 N–H and O–H groups in total. The zero-order valence-electron chi connectivity index (χ0n) is 39.3. The first-order chi connectivity index (χ1) is 38.3. The molecule has 77 heavy (non-hydrogen) atoms. The molecule has 2 aliphatic heterocycles. The zero-order chi connectivity index (χ0) is 46.1. The van der Waals surface area contributed by atoms with Crippen molar-refractivity contribution in [2.24, 2.45) is 0 Å². The Morgan fingerprint density at radius 2 is 0.532 bits per heavy atom. The van der Waals surface area contributed by atoms with Crippen molar-refractivity contribution in [2.75, 3.05) is 0 Å². The molecular formula is C75H11NO. The van der Waals surface area contributed by atoms with E-state index in [1.165, 1.54) is 81.4 Å². The fourth-order valence-electron chi connectivity index (χ4n) is 25.6. The van der Waals surface area contributed by atoms with E-state index in [0.29, 0.717) is 6.42 Å². The fourth-order valence-corrected chi connectivity index (χ4v) is 25.6. The molecule has 1 aliphatic carbocycles. The highest BCUT2D eigenvalue weighted by molar-refractivity contribution is 6.83. The molecule has 0 fully saturated rings. The van der Waals surface area contributed by atoms with E-state index < -0.39 is 5.54 Å². The number of rotatable bonds is 3. The molecule has 3 heterocycles. The van der Waals surface area contributed by atoms with Crippen LogP contribution >= 0.6 is 0 Å². The maximum Gasteiger partial charge on any atom is 0.165 e. The summed E-state index contributed by atoms with van der Waals surface area (Å²) in [7, 11) is 0. The van der Waals surface area contributed by atoms with E-state index in [2.05, 4.69) is 59.2 Å². The lowest BCUT2D eigenvalue weighted by atomic mass is 9.73. The molecular weight excluding hydrogens is 931 g/mol. The highest BCUT2D eigenvalue weighted by Crippen LogP contribution is 2.81. The Labute approximate surface area is 419 Å². The number of hydrogen-bond acceptors (Lipinski definition) is 1. The maximum absolute atomic E-state index is 16.7. The van der Waals surface area contributed by atoms with E-state index in [0.717, 1.165) is 10.9 Å². The molecule has 322 valence electrons. The number of ketones is 1. The molecule has 0 radical (unpaired) electrons. The maximum atomic E-state index is 16.7. The highest BCUT2D eigenvalue weighted by atomic mass is 16.1. The number of nitrogens with zero attached hydrogens (tertiary/aromatic N) is 1. The third-order valence-corrected chi connectivity index (χ3v) is 26.3. The molecule has 0 unspecified atom stereocenters. The lowest BCUT2D eigenvalue weighted by Gasteiger charge is -2.41. The first-order valence-electron chi connectivity index (χ1n) is 28.3. The molecule has 1 aromatic heterocycles. The normalized spacial score (nSPS) is 17.6. The van der Waals surface area contributed by atoms with E-state index in [-0.39, 0.29) is 5.78 Å². The van der Waals surface area contributed by atoms with Crippen molar-refractivity contribution in [3.63, 3.8) is 0 Å². The van der Waals surface area contributed by atoms with Gasteiger partial charge in [0.05, 0.1) is 11.0 Å². The first-order valence-corrected chi connectivity index (χ1v) is 28.3. The lowest BCUT2D eigenvalue weighted by Crippen LogP contribution is -2.39. The summed E-state index contributed by atoms with van der Waals surface area (Å²) in [4.78, 5) is 16.7. The molecule has 0 saturated heterocycles. The van der Waals surface area contributed by atoms with Crippen LogP contribution in [-0.4, -0.2) is 10.4 Å². The average molecular weight is 942 g/mol. The minimum atomic E-state index is -0.735. The summed E-state index contributed by atoms with van der Waals surface area (Å²) in [6.45, 7) is 0. The molecule has 0 bridgehead atoms. The third kappa shape index (κ3) is 1.71. The summed E-state index contributed by atoms with van der Waals surface area (Å²) in [5, 5.41) is 90.1. The minimum Gasteiger partial charge on any atom is -0.324 e. The van der Waals surface area contributed by atoms with E-state index >= 15 is 4.79 Å². The van der Waals surface area contributed by atoms with Gasteiger partial charge in [-0.2, -0.15) is 0 Å². The second-order valence-corrected chi connectivity index (χ2v) is 27.2. The quantitative estimate of drug-likeness (QED) is 0.128. The van der Waals surface area contributed by atoms with Crippen molar-refractivity contribution in [2.45, 2.75) is 12.0 Å². The summed E-state index contributed by atoms with van der Waals surface area (Å²) in [6.07, 6.45) is 0.405. The molecule has 0 amide bonds. The van der Waals surface area contributed by atoms with Gasteiger partial charge in [-0.15, -0.1) is 0 Å². The smallest absolute Gasteiger partial charge is 0.165 e. The molecule has 0 saturated carbocycles. The summed E-state index contributed by atoms with van der Waals surface area (Å²) < 4.78 is 3.00. The van der Waals surface area contributed by atoms with Gasteiger partial charge in [0.1, 0.15) is 5.54 Å². The Balaban J connectivity index is 0.998. The van der Waals surface area contributed by atoms with Gasteiger partial charge in [0.2, 0.25) is 0 Å². The Morgan fingerprint density at radius 3 is 0.883 bits per heavy atom. The van der Waals surface area contributed by atoms with Gasteiger partial charge in [0, 0.05) is 201 Å². The predicted octanol–water partition coefficient (Wildman–Crippen LogP) is 20.5. The van der Waals surface area contributed by atoms with Crippen LogP contribution in [0.25, 0.3) is 323 Å². The Hall–Kier alpha value is -9.89.